The molecule has 5 atom stereocenters. The normalized spacial score (nSPS) is 24.6. The number of phosphoric ester groups is 1. The molecule has 1 fully saturated rings. The van der Waals surface area contributed by atoms with E-state index < -0.39 is 58.0 Å². The van der Waals surface area contributed by atoms with Gasteiger partial charge in [-0.2, -0.15) is 4.31 Å². The third kappa shape index (κ3) is 5.52. The first kappa shape index (κ1) is 25.6. The molecule has 16 nitrogen and oxygen atoms in total. The average molecular weight is 535 g/mol. The molecule has 5 N–H and O–H groups in total. The highest BCUT2D eigenvalue weighted by molar-refractivity contribution is 7.60. The number of fused-ring (bicyclic) bond motifs is 1. The summed E-state index contributed by atoms with van der Waals surface area (Å²) in [6.07, 6.45) is -5.53. The Bertz CT molecular complexity index is 1440. The van der Waals surface area contributed by atoms with Crippen LogP contribution in [-0.2, 0) is 29.2 Å². The second kappa shape index (κ2) is 9.52. The number of rotatable bonds is 8. The maximum Gasteiger partial charge on any atom is 0.481 e. The Morgan fingerprint density at radius 2 is 1.77 bits per heavy atom. The highest BCUT2D eigenvalue weighted by Gasteiger charge is 2.46. The summed E-state index contributed by atoms with van der Waals surface area (Å²) in [6, 6.07) is 7.80. The molecule has 3 heterocycles. The van der Waals surface area contributed by atoms with Gasteiger partial charge in [-0.15, -0.1) is 0 Å². The van der Waals surface area contributed by atoms with Crippen molar-refractivity contribution in [2.45, 2.75) is 31.1 Å². The van der Waals surface area contributed by atoms with Gasteiger partial charge in [-0.1, -0.05) is 17.3 Å². The molecule has 18 heteroatoms. The van der Waals surface area contributed by atoms with Gasteiger partial charge in [0.25, 0.3) is 5.56 Å². The number of hydrogen-bond acceptors (Lipinski definition) is 11. The highest BCUT2D eigenvalue weighted by atomic mass is 31.3. The molecule has 4 rings (SSSR count). The fraction of sp³-hybridized carbons (Fsp3) is 0.353. The number of hydrogen-bond donors (Lipinski definition) is 5. The zero-order valence-corrected chi connectivity index (χ0v) is 19.2. The quantitative estimate of drug-likeness (QED) is 0.219. The molecule has 0 radical (unpaired) electrons. The van der Waals surface area contributed by atoms with Gasteiger partial charge in [0, 0.05) is 17.6 Å². The number of benzene rings is 1. The van der Waals surface area contributed by atoms with Crippen molar-refractivity contribution in [3.8, 4) is 0 Å². The minimum Gasteiger partial charge on any atom is -0.387 e. The van der Waals surface area contributed by atoms with Gasteiger partial charge >= 0.3 is 21.3 Å². The molecule has 190 valence electrons. The first-order valence-electron chi connectivity index (χ1n) is 9.77. The monoisotopic (exact) mass is 535 g/mol. The second-order valence-electron chi connectivity index (χ2n) is 7.44. The molecule has 0 saturated carbocycles. The van der Waals surface area contributed by atoms with E-state index in [1.807, 2.05) is 0 Å². The summed E-state index contributed by atoms with van der Waals surface area (Å²) in [5.41, 5.74) is -0.890. The molecule has 0 spiro atoms. The summed E-state index contributed by atoms with van der Waals surface area (Å²) in [5.74, 6) is 0. The Hall–Kier alpha value is -2.49. The summed E-state index contributed by atoms with van der Waals surface area (Å²) < 4.78 is 42.6. The smallest absolute Gasteiger partial charge is 0.387 e. The van der Waals surface area contributed by atoms with E-state index in [-0.39, 0.29) is 6.54 Å². The van der Waals surface area contributed by atoms with Crippen LogP contribution >= 0.6 is 15.6 Å². The number of ether oxygens (including phenoxy) is 1. The molecule has 1 aromatic carbocycles. The Balaban J connectivity index is 1.56. The van der Waals surface area contributed by atoms with Crippen LogP contribution in [0.2, 0.25) is 0 Å². The first-order valence-corrected chi connectivity index (χ1v) is 12.8. The molecule has 1 aliphatic heterocycles. The number of nitrogens with zero attached hydrogens (tertiary/aromatic N) is 3. The molecule has 35 heavy (non-hydrogen) atoms. The number of aliphatic hydroxyl groups excluding tert-OH is 2. The van der Waals surface area contributed by atoms with E-state index in [4.69, 9.17) is 19.0 Å². The third-order valence-electron chi connectivity index (χ3n) is 5.08. The Labute approximate surface area is 194 Å². The van der Waals surface area contributed by atoms with Crippen LogP contribution in [0.4, 0.5) is 0 Å². The number of aromatic nitrogens is 3. The van der Waals surface area contributed by atoms with Crippen LogP contribution in [0.25, 0.3) is 11.0 Å². The van der Waals surface area contributed by atoms with Crippen LogP contribution in [0, 0.1) is 0 Å². The maximum absolute atomic E-state index is 13.0. The topological polar surface area (TPSA) is 233 Å². The Kier molecular flexibility index (Phi) is 6.96. The average Bonchev–Trinajstić information content (AvgIpc) is 3.30. The zero-order valence-electron chi connectivity index (χ0n) is 17.4. The minimum absolute atomic E-state index is 0.277. The summed E-state index contributed by atoms with van der Waals surface area (Å²) in [4.78, 5) is 52.1. The van der Waals surface area contributed by atoms with E-state index in [2.05, 4.69) is 14.0 Å². The van der Waals surface area contributed by atoms with Gasteiger partial charge in [-0.25, -0.2) is 13.9 Å². The predicted molar refractivity (Wildman–Crippen MR) is 113 cm³/mol. The van der Waals surface area contributed by atoms with E-state index in [1.165, 1.54) is 0 Å². The molecule has 0 amide bonds. The lowest BCUT2D eigenvalue weighted by atomic mass is 10.1. The minimum atomic E-state index is -5.37. The highest BCUT2D eigenvalue weighted by Crippen LogP contribution is 2.57. The van der Waals surface area contributed by atoms with Crippen LogP contribution in [0.3, 0.4) is 0 Å². The standard InChI is InChI=1S/C17H19N3O13P2/c21-13-5-6-19(17(24)20(13)7-10-9-3-1-2-4-11(9)32-18-10)16-15(23)14(22)12(31-16)8-30-35(28,29)33-34(25,26)27/h1-6,12,14-16,22-23H,7-8H2,(H,28,29)(H2,25,26,27)/t12?,14?,15-,16?/m0/s1. The second-order valence-corrected chi connectivity index (χ2v) is 10.3. The summed E-state index contributed by atoms with van der Waals surface area (Å²) in [6.45, 7) is -1.22. The van der Waals surface area contributed by atoms with Crippen molar-refractivity contribution < 1.29 is 52.1 Å². The fourth-order valence-electron chi connectivity index (χ4n) is 3.49. The first-order chi connectivity index (χ1) is 16.4. The number of phosphoric acid groups is 2. The van der Waals surface area contributed by atoms with Crippen LogP contribution in [0.1, 0.15) is 11.9 Å². The molecular weight excluding hydrogens is 516 g/mol. The van der Waals surface area contributed by atoms with Crippen molar-refractivity contribution in [2.24, 2.45) is 0 Å². The molecule has 0 aliphatic carbocycles. The molecular formula is C17H19N3O13P2. The summed E-state index contributed by atoms with van der Waals surface area (Å²) >= 11 is 0. The van der Waals surface area contributed by atoms with Gasteiger partial charge in [0.1, 0.15) is 24.0 Å². The van der Waals surface area contributed by atoms with Crippen molar-refractivity contribution in [2.75, 3.05) is 6.61 Å². The lowest BCUT2D eigenvalue weighted by Gasteiger charge is -2.19. The van der Waals surface area contributed by atoms with Crippen LogP contribution in [0.15, 0.2) is 50.6 Å². The Morgan fingerprint density at radius 3 is 2.49 bits per heavy atom. The van der Waals surface area contributed by atoms with Gasteiger partial charge in [0.2, 0.25) is 0 Å². The molecule has 1 aliphatic rings. The zero-order chi connectivity index (χ0) is 25.5. The third-order valence-corrected chi connectivity index (χ3v) is 7.23. The molecule has 0 bridgehead atoms. The van der Waals surface area contributed by atoms with E-state index in [0.717, 1.165) is 21.4 Å². The molecule has 4 unspecified atom stereocenters. The lowest BCUT2D eigenvalue weighted by molar-refractivity contribution is -0.0547. The fourth-order valence-corrected chi connectivity index (χ4v) is 5.09. The van der Waals surface area contributed by atoms with Crippen molar-refractivity contribution in [3.63, 3.8) is 0 Å². The number of aliphatic hydroxyl groups is 2. The van der Waals surface area contributed by atoms with Crippen molar-refractivity contribution in [1.82, 2.24) is 14.3 Å². The summed E-state index contributed by atoms with van der Waals surface area (Å²) in [5, 5.41) is 25.1. The predicted octanol–water partition coefficient (Wildman–Crippen LogP) is -0.955. The van der Waals surface area contributed by atoms with Crippen LogP contribution < -0.4 is 11.2 Å². The SMILES string of the molecule is O=c1ccn(C2OC(COP(=O)(O)OP(=O)(O)O)C(O)[C@@H]2O)c(=O)n1Cc1noc2ccccc12. The Morgan fingerprint density at radius 1 is 1.06 bits per heavy atom. The van der Waals surface area contributed by atoms with Gasteiger partial charge in [0.15, 0.2) is 11.8 Å². The van der Waals surface area contributed by atoms with Gasteiger partial charge in [-0.05, 0) is 12.1 Å². The molecule has 3 aromatic rings. The van der Waals surface area contributed by atoms with E-state index in [0.29, 0.717) is 16.7 Å². The van der Waals surface area contributed by atoms with Gasteiger partial charge in [0.05, 0.1) is 13.2 Å². The van der Waals surface area contributed by atoms with Crippen molar-refractivity contribution >= 4 is 26.6 Å². The molecule has 1 saturated heterocycles. The van der Waals surface area contributed by atoms with Crippen LogP contribution in [0.5, 0.6) is 0 Å². The van der Waals surface area contributed by atoms with E-state index in [9.17, 15) is 33.8 Å². The summed E-state index contributed by atoms with van der Waals surface area (Å²) in [7, 11) is -10.6. The lowest BCUT2D eigenvalue weighted by Crippen LogP contribution is -2.43. The van der Waals surface area contributed by atoms with Gasteiger partial charge in [-0.3, -0.25) is 18.5 Å². The van der Waals surface area contributed by atoms with Crippen LogP contribution in [-0.4, -0.2) is 64.1 Å². The van der Waals surface area contributed by atoms with E-state index >= 15 is 0 Å². The van der Waals surface area contributed by atoms with Crippen molar-refractivity contribution in [1.29, 1.82) is 0 Å². The molecule has 2 aromatic heterocycles. The maximum atomic E-state index is 13.0. The van der Waals surface area contributed by atoms with Crippen molar-refractivity contribution in [3.05, 3.63) is 63.1 Å². The van der Waals surface area contributed by atoms with Gasteiger partial charge < -0.3 is 34.2 Å². The van der Waals surface area contributed by atoms with E-state index in [1.54, 1.807) is 24.3 Å². The largest absolute Gasteiger partial charge is 0.481 e. The number of para-hydroxylation sites is 1.